The van der Waals surface area contributed by atoms with Gasteiger partial charge in [-0.3, -0.25) is 9.78 Å². The summed E-state index contributed by atoms with van der Waals surface area (Å²) in [6.45, 7) is -0.659. The number of fused-ring (bicyclic) bond motifs is 3. The second-order valence-electron chi connectivity index (χ2n) is 5.13. The van der Waals surface area contributed by atoms with Crippen molar-refractivity contribution in [1.82, 2.24) is 4.98 Å². The Labute approximate surface area is 137 Å². The van der Waals surface area contributed by atoms with Gasteiger partial charge in [-0.2, -0.15) is 13.2 Å². The Bertz CT molecular complexity index is 966. The third-order valence-corrected chi connectivity index (χ3v) is 4.94. The van der Waals surface area contributed by atoms with Crippen LogP contribution in [0.25, 0.3) is 21.0 Å². The number of alkyl halides is 3. The van der Waals surface area contributed by atoms with Crippen LogP contribution in [0, 0.1) is 0 Å². The molecule has 3 aromatic rings. The first-order valence-corrected chi connectivity index (χ1v) is 7.55. The first-order valence-electron chi connectivity index (χ1n) is 6.73. The molecule has 1 aromatic carbocycles. The Morgan fingerprint density at radius 3 is 2.38 bits per heavy atom. The van der Waals surface area contributed by atoms with Crippen LogP contribution in [0.1, 0.15) is 20.8 Å². The van der Waals surface area contributed by atoms with Gasteiger partial charge in [0.15, 0.2) is 0 Å². The van der Waals surface area contributed by atoms with E-state index in [2.05, 4.69) is 4.98 Å². The quantitative estimate of drug-likeness (QED) is 0.627. The molecule has 9 heteroatoms. The van der Waals surface area contributed by atoms with Crippen molar-refractivity contribution in [3.63, 3.8) is 0 Å². The molecule has 2 aromatic heterocycles. The van der Waals surface area contributed by atoms with Crippen molar-refractivity contribution in [2.24, 2.45) is 0 Å². The van der Waals surface area contributed by atoms with Crippen LogP contribution in [0.4, 0.5) is 18.9 Å². The Hall–Kier alpha value is -2.23. The summed E-state index contributed by atoms with van der Waals surface area (Å²) in [7, 11) is 0. The number of hydrogen-bond acceptors (Lipinski definition) is 6. The number of aliphatic hydroxyl groups excluding tert-OH is 2. The van der Waals surface area contributed by atoms with Crippen LogP contribution in [0.5, 0.6) is 0 Å². The number of anilines is 1. The van der Waals surface area contributed by atoms with E-state index >= 15 is 0 Å². The number of carbonyl (C=O) groups excluding carboxylic acids is 1. The number of nitrogen functional groups attached to an aromatic ring is 1. The summed E-state index contributed by atoms with van der Waals surface area (Å²) in [5, 5.41) is 19.4. The average Bonchev–Trinajstić information content (AvgIpc) is 2.89. The normalized spacial score (nSPS) is 12.2. The molecule has 2 heterocycles. The predicted molar refractivity (Wildman–Crippen MR) is 83.8 cm³/mol. The molecular formula is C15H11F3N2O3S. The molecule has 0 aliphatic heterocycles. The number of Topliss-reactive ketones (excluding diaryl/α,β-unsaturated/α-hetero) is 1. The van der Waals surface area contributed by atoms with Crippen LogP contribution in [-0.4, -0.2) is 27.2 Å². The van der Waals surface area contributed by atoms with Crippen molar-refractivity contribution < 1.29 is 28.2 Å². The molecule has 0 bridgehead atoms. The largest absolute Gasteiger partial charge is 0.455 e. The number of hydrogen-bond donors (Lipinski definition) is 3. The number of pyridine rings is 1. The van der Waals surface area contributed by atoms with E-state index in [9.17, 15) is 28.2 Å². The van der Waals surface area contributed by atoms with Crippen molar-refractivity contribution >= 4 is 43.8 Å². The smallest absolute Gasteiger partial charge is 0.397 e. The summed E-state index contributed by atoms with van der Waals surface area (Å²) in [4.78, 5) is 15.1. The number of benzene rings is 1. The summed E-state index contributed by atoms with van der Waals surface area (Å²) >= 11 is 0.642. The zero-order valence-corrected chi connectivity index (χ0v) is 12.8. The number of thiophene rings is 1. The van der Waals surface area contributed by atoms with Crippen LogP contribution >= 0.6 is 11.3 Å². The Morgan fingerprint density at radius 1 is 1.17 bits per heavy atom. The predicted octanol–water partition coefficient (Wildman–Crippen LogP) is 2.76. The molecule has 0 unspecified atom stereocenters. The fourth-order valence-electron chi connectivity index (χ4n) is 2.48. The topological polar surface area (TPSA) is 96.4 Å². The molecule has 0 saturated carbocycles. The third kappa shape index (κ3) is 2.50. The molecule has 0 aliphatic carbocycles. The van der Waals surface area contributed by atoms with Gasteiger partial charge in [0, 0.05) is 21.7 Å². The molecule has 0 atom stereocenters. The molecule has 0 fully saturated rings. The highest BCUT2D eigenvalue weighted by Gasteiger charge is 2.41. The van der Waals surface area contributed by atoms with Crippen molar-refractivity contribution in [3.05, 3.63) is 34.3 Å². The van der Waals surface area contributed by atoms with E-state index in [1.165, 1.54) is 12.3 Å². The maximum absolute atomic E-state index is 12.7. The van der Waals surface area contributed by atoms with Crippen LogP contribution in [0.3, 0.4) is 0 Å². The number of halogens is 3. The van der Waals surface area contributed by atoms with Gasteiger partial charge in [0.05, 0.1) is 24.4 Å². The van der Waals surface area contributed by atoms with Gasteiger partial charge in [-0.25, -0.2) is 0 Å². The van der Waals surface area contributed by atoms with Gasteiger partial charge >= 0.3 is 6.18 Å². The summed E-state index contributed by atoms with van der Waals surface area (Å²) < 4.78 is 38.5. The molecule has 24 heavy (non-hydrogen) atoms. The molecule has 0 radical (unpaired) electrons. The number of rotatable bonds is 3. The number of aliphatic hydroxyl groups is 2. The van der Waals surface area contributed by atoms with E-state index < -0.39 is 16.8 Å². The number of aromatic nitrogens is 1. The SMILES string of the molecule is Nc1c(C(=O)C(F)(F)F)sc2c1cnc1cc(CO)c(CO)cc12. The van der Waals surface area contributed by atoms with Crippen molar-refractivity contribution in [2.45, 2.75) is 19.4 Å². The fraction of sp³-hybridized carbons (Fsp3) is 0.200. The van der Waals surface area contributed by atoms with Crippen LogP contribution in [-0.2, 0) is 13.2 Å². The Kier molecular flexibility index (Phi) is 3.94. The lowest BCUT2D eigenvalue weighted by Crippen LogP contribution is -2.22. The molecule has 4 N–H and O–H groups in total. The van der Waals surface area contributed by atoms with E-state index in [4.69, 9.17) is 5.73 Å². The summed E-state index contributed by atoms with van der Waals surface area (Å²) in [6, 6.07) is 3.08. The number of nitrogens with zero attached hydrogens (tertiary/aromatic N) is 1. The van der Waals surface area contributed by atoms with Gasteiger partial charge in [0.25, 0.3) is 5.78 Å². The monoisotopic (exact) mass is 356 g/mol. The number of ketones is 1. The molecule has 3 rings (SSSR count). The van der Waals surface area contributed by atoms with Gasteiger partial charge in [0.2, 0.25) is 0 Å². The number of nitrogens with two attached hydrogens (primary N) is 1. The standard InChI is InChI=1S/C15H11F3N2O3S/c16-15(17,18)14(23)13-11(19)9-3-20-10-2-7(5-22)6(4-21)1-8(10)12(9)24-13/h1-3,21-22H,4-5,19H2. The zero-order valence-electron chi connectivity index (χ0n) is 12.0. The molecule has 0 saturated heterocycles. The third-order valence-electron chi connectivity index (χ3n) is 3.68. The average molecular weight is 356 g/mol. The summed E-state index contributed by atoms with van der Waals surface area (Å²) in [5.41, 5.74) is 6.77. The lowest BCUT2D eigenvalue weighted by molar-refractivity contribution is -0.0881. The Balaban J connectivity index is 2.33. The molecular weight excluding hydrogens is 345 g/mol. The summed E-state index contributed by atoms with van der Waals surface area (Å²) in [5.74, 6) is -2.00. The number of carbonyl (C=O) groups is 1. The lowest BCUT2D eigenvalue weighted by Gasteiger charge is -2.07. The van der Waals surface area contributed by atoms with Gasteiger partial charge < -0.3 is 15.9 Å². The minimum Gasteiger partial charge on any atom is -0.397 e. The van der Waals surface area contributed by atoms with E-state index in [1.54, 1.807) is 6.07 Å². The molecule has 0 spiro atoms. The second-order valence-corrected chi connectivity index (χ2v) is 6.15. The molecule has 126 valence electrons. The molecule has 0 aliphatic rings. The fourth-order valence-corrected chi connectivity index (χ4v) is 3.65. The van der Waals surface area contributed by atoms with E-state index in [-0.39, 0.29) is 24.3 Å². The van der Waals surface area contributed by atoms with E-state index in [0.29, 0.717) is 38.1 Å². The van der Waals surface area contributed by atoms with Crippen molar-refractivity contribution in [3.8, 4) is 0 Å². The maximum Gasteiger partial charge on any atom is 0.455 e. The van der Waals surface area contributed by atoms with E-state index in [1.807, 2.05) is 0 Å². The Morgan fingerprint density at radius 2 is 1.79 bits per heavy atom. The highest BCUT2D eigenvalue weighted by Crippen LogP contribution is 2.40. The minimum absolute atomic E-state index is 0.251. The highest BCUT2D eigenvalue weighted by atomic mass is 32.1. The molecule has 0 amide bonds. The first kappa shape index (κ1) is 16.6. The van der Waals surface area contributed by atoms with Crippen LogP contribution in [0.2, 0.25) is 0 Å². The lowest BCUT2D eigenvalue weighted by atomic mass is 10.0. The van der Waals surface area contributed by atoms with E-state index in [0.717, 1.165) is 0 Å². The van der Waals surface area contributed by atoms with Gasteiger partial charge in [-0.15, -0.1) is 11.3 Å². The highest BCUT2D eigenvalue weighted by molar-refractivity contribution is 7.22. The van der Waals surface area contributed by atoms with Crippen molar-refractivity contribution in [2.75, 3.05) is 5.73 Å². The van der Waals surface area contributed by atoms with Crippen LogP contribution < -0.4 is 5.73 Å². The zero-order chi connectivity index (χ0) is 17.6. The van der Waals surface area contributed by atoms with Crippen LogP contribution in [0.15, 0.2) is 18.3 Å². The van der Waals surface area contributed by atoms with Gasteiger partial charge in [0.1, 0.15) is 4.88 Å². The second kappa shape index (κ2) is 5.69. The molecule has 5 nitrogen and oxygen atoms in total. The van der Waals surface area contributed by atoms with Gasteiger partial charge in [-0.1, -0.05) is 0 Å². The van der Waals surface area contributed by atoms with Gasteiger partial charge in [-0.05, 0) is 23.3 Å². The minimum atomic E-state index is -5.02. The maximum atomic E-state index is 12.7. The first-order chi connectivity index (χ1) is 11.3. The van der Waals surface area contributed by atoms with Crippen molar-refractivity contribution in [1.29, 1.82) is 0 Å². The summed E-state index contributed by atoms with van der Waals surface area (Å²) in [6.07, 6.45) is -3.71.